The first kappa shape index (κ1) is 58.6. The van der Waals surface area contributed by atoms with Gasteiger partial charge in [0.05, 0.1) is 0 Å². The second-order valence-corrected chi connectivity index (χ2v) is 16.7. The predicted octanol–water partition coefficient (Wildman–Crippen LogP) is 16.8. The summed E-state index contributed by atoms with van der Waals surface area (Å²) in [6.07, 6.45) is 64.2. The van der Waals surface area contributed by atoms with E-state index in [1.54, 1.807) is 0 Å². The Morgan fingerprint density at radius 3 is 1.16 bits per heavy atom. The topological polar surface area (TPSA) is 78.9 Å². The zero-order valence-electron chi connectivity index (χ0n) is 40.4. The minimum absolute atomic E-state index is 0.0854. The normalized spacial score (nSPS) is 12.8. The van der Waals surface area contributed by atoms with Crippen LogP contribution in [0.4, 0.5) is 0 Å². The molecule has 0 saturated carbocycles. The lowest BCUT2D eigenvalue weighted by Crippen LogP contribution is -2.30. The number of carbonyl (C=O) groups is 3. The van der Waals surface area contributed by atoms with Gasteiger partial charge in [0.25, 0.3) is 0 Å². The highest BCUT2D eigenvalue weighted by Crippen LogP contribution is 2.14. The summed E-state index contributed by atoms with van der Waals surface area (Å²) in [6, 6.07) is 0. The zero-order valence-corrected chi connectivity index (χ0v) is 40.4. The summed E-state index contributed by atoms with van der Waals surface area (Å²) in [4.78, 5) is 37.9. The number of carbonyl (C=O) groups excluding carboxylic acids is 3. The summed E-state index contributed by atoms with van der Waals surface area (Å²) < 4.78 is 16.8. The Balaban J connectivity index is 4.38. The molecule has 354 valence electrons. The van der Waals surface area contributed by atoms with Crippen molar-refractivity contribution in [3.05, 3.63) is 85.1 Å². The molecule has 0 fully saturated rings. The lowest BCUT2D eigenvalue weighted by molar-refractivity contribution is -0.167. The largest absolute Gasteiger partial charge is 0.462 e. The fourth-order valence-corrected chi connectivity index (χ4v) is 6.90. The number of hydrogen-bond acceptors (Lipinski definition) is 6. The molecule has 0 aromatic carbocycles. The number of hydrogen-bond donors (Lipinski definition) is 0. The van der Waals surface area contributed by atoms with Crippen LogP contribution < -0.4 is 0 Å². The van der Waals surface area contributed by atoms with Crippen LogP contribution in [-0.2, 0) is 28.6 Å². The Kier molecular flexibility index (Phi) is 47.5. The van der Waals surface area contributed by atoms with E-state index in [-0.39, 0.29) is 31.1 Å². The molecular weight excluding hydrogens is 769 g/mol. The van der Waals surface area contributed by atoms with E-state index in [1.807, 2.05) is 0 Å². The summed E-state index contributed by atoms with van der Waals surface area (Å²) in [5, 5.41) is 0. The number of ether oxygens (including phenoxy) is 3. The van der Waals surface area contributed by atoms with E-state index in [4.69, 9.17) is 14.2 Å². The molecule has 0 saturated heterocycles. The Bertz CT molecular complexity index is 1220. The van der Waals surface area contributed by atoms with Crippen LogP contribution >= 0.6 is 0 Å². The van der Waals surface area contributed by atoms with Gasteiger partial charge in [0.1, 0.15) is 13.2 Å². The van der Waals surface area contributed by atoms with Crippen LogP contribution in [0.1, 0.15) is 233 Å². The molecule has 62 heavy (non-hydrogen) atoms. The average Bonchev–Trinajstić information content (AvgIpc) is 3.27. The molecule has 0 radical (unpaired) electrons. The third kappa shape index (κ3) is 47.6. The fourth-order valence-electron chi connectivity index (χ4n) is 6.90. The molecule has 6 heteroatoms. The molecule has 6 nitrogen and oxygen atoms in total. The van der Waals surface area contributed by atoms with Crippen LogP contribution in [0, 0.1) is 0 Å². The maximum atomic E-state index is 12.8. The molecule has 0 heterocycles. The van der Waals surface area contributed by atoms with E-state index >= 15 is 0 Å². The van der Waals surface area contributed by atoms with Gasteiger partial charge in [-0.15, -0.1) is 0 Å². The first-order chi connectivity index (χ1) is 30.5. The molecule has 0 aromatic rings. The van der Waals surface area contributed by atoms with E-state index in [9.17, 15) is 14.4 Å². The second kappa shape index (κ2) is 50.2. The maximum Gasteiger partial charge on any atom is 0.306 e. The molecule has 0 rings (SSSR count). The van der Waals surface area contributed by atoms with Crippen LogP contribution in [0.2, 0.25) is 0 Å². The number of rotatable bonds is 45. The Morgan fingerprint density at radius 1 is 0.355 bits per heavy atom. The van der Waals surface area contributed by atoms with Gasteiger partial charge in [0.15, 0.2) is 6.10 Å². The molecule has 1 unspecified atom stereocenters. The lowest BCUT2D eigenvalue weighted by atomic mass is 10.1. The molecule has 0 amide bonds. The highest BCUT2D eigenvalue weighted by Gasteiger charge is 2.19. The van der Waals surface area contributed by atoms with Crippen molar-refractivity contribution in [2.45, 2.75) is 239 Å². The van der Waals surface area contributed by atoms with Crippen molar-refractivity contribution >= 4 is 17.9 Å². The van der Waals surface area contributed by atoms with Gasteiger partial charge in [-0.05, 0) is 77.0 Å². The van der Waals surface area contributed by atoms with E-state index in [1.165, 1.54) is 89.9 Å². The van der Waals surface area contributed by atoms with Crippen molar-refractivity contribution in [2.75, 3.05) is 13.2 Å². The van der Waals surface area contributed by atoms with E-state index in [2.05, 4.69) is 106 Å². The van der Waals surface area contributed by atoms with Gasteiger partial charge < -0.3 is 14.2 Å². The fraction of sp³-hybridized carbons (Fsp3) is 0.696. The Labute approximate surface area is 382 Å². The van der Waals surface area contributed by atoms with Crippen molar-refractivity contribution in [2.24, 2.45) is 0 Å². The quantitative estimate of drug-likeness (QED) is 0.0199. The number of allylic oxidation sites excluding steroid dienone is 14. The van der Waals surface area contributed by atoms with Crippen molar-refractivity contribution in [3.63, 3.8) is 0 Å². The summed E-state index contributed by atoms with van der Waals surface area (Å²) in [5.41, 5.74) is 0. The molecular formula is C56H94O6. The molecule has 0 bridgehead atoms. The summed E-state index contributed by atoms with van der Waals surface area (Å²) in [5.74, 6) is -0.914. The Hall–Kier alpha value is -3.41. The molecule has 0 N–H and O–H groups in total. The molecule has 0 aromatic heterocycles. The molecule has 1 atom stereocenters. The minimum atomic E-state index is -0.786. The SMILES string of the molecule is CC\C=C/C=C\C=C/CCCCCCCCCC(=O)OC(COC(=O)CCCCCCCC/C=C\C/C=C\C/C=C\C/C=C\CC)COC(=O)CCCCCCCCCCCC. The van der Waals surface area contributed by atoms with Crippen LogP contribution in [0.15, 0.2) is 85.1 Å². The van der Waals surface area contributed by atoms with Crippen molar-refractivity contribution in [3.8, 4) is 0 Å². The smallest absolute Gasteiger partial charge is 0.306 e. The molecule has 0 spiro atoms. The second-order valence-electron chi connectivity index (χ2n) is 16.7. The van der Waals surface area contributed by atoms with Crippen LogP contribution in [0.5, 0.6) is 0 Å². The summed E-state index contributed by atoms with van der Waals surface area (Å²) >= 11 is 0. The van der Waals surface area contributed by atoms with Gasteiger partial charge in [0, 0.05) is 19.3 Å². The summed E-state index contributed by atoms with van der Waals surface area (Å²) in [7, 11) is 0. The molecule has 0 aliphatic rings. The highest BCUT2D eigenvalue weighted by atomic mass is 16.6. The van der Waals surface area contributed by atoms with Gasteiger partial charge >= 0.3 is 17.9 Å². The van der Waals surface area contributed by atoms with Crippen LogP contribution in [0.3, 0.4) is 0 Å². The van der Waals surface area contributed by atoms with Crippen LogP contribution in [-0.4, -0.2) is 37.2 Å². The average molecular weight is 863 g/mol. The first-order valence-corrected chi connectivity index (χ1v) is 25.6. The van der Waals surface area contributed by atoms with Gasteiger partial charge in [-0.1, -0.05) is 221 Å². The third-order valence-corrected chi connectivity index (χ3v) is 10.7. The lowest BCUT2D eigenvalue weighted by Gasteiger charge is -2.18. The van der Waals surface area contributed by atoms with E-state index in [0.29, 0.717) is 19.3 Å². The van der Waals surface area contributed by atoms with Gasteiger partial charge in [-0.2, -0.15) is 0 Å². The standard InChI is InChI=1S/C56H94O6/c1-4-7-10-13-16-19-22-24-26-27-28-29-31-32-34-37-40-43-46-49-55(58)61-52-53(51-60-54(57)48-45-42-39-36-21-18-15-12-9-6-3)62-56(59)50-47-44-41-38-35-33-30-25-23-20-17-14-11-8-5-2/h7-8,10-11,14,16-17,19-20,23-24,26,28-29,53H,4-6,9,12-13,15,18,21-22,25,27,30-52H2,1-3H3/b10-7-,11-8-,17-14-,19-16-,23-20-,26-24-,29-28-. The van der Waals surface area contributed by atoms with Gasteiger partial charge in [0.2, 0.25) is 0 Å². The van der Waals surface area contributed by atoms with Crippen LogP contribution in [0.25, 0.3) is 0 Å². The monoisotopic (exact) mass is 863 g/mol. The third-order valence-electron chi connectivity index (χ3n) is 10.7. The van der Waals surface area contributed by atoms with Crippen molar-refractivity contribution in [1.29, 1.82) is 0 Å². The minimum Gasteiger partial charge on any atom is -0.462 e. The van der Waals surface area contributed by atoms with E-state index < -0.39 is 6.10 Å². The van der Waals surface area contributed by atoms with E-state index in [0.717, 1.165) is 103 Å². The number of unbranched alkanes of at least 4 members (excludes halogenated alkanes) is 22. The van der Waals surface area contributed by atoms with Crippen molar-refractivity contribution in [1.82, 2.24) is 0 Å². The molecule has 0 aliphatic heterocycles. The van der Waals surface area contributed by atoms with Gasteiger partial charge in [-0.3, -0.25) is 14.4 Å². The van der Waals surface area contributed by atoms with Crippen molar-refractivity contribution < 1.29 is 28.6 Å². The molecule has 0 aliphatic carbocycles. The predicted molar refractivity (Wildman–Crippen MR) is 265 cm³/mol. The van der Waals surface area contributed by atoms with Gasteiger partial charge in [-0.25, -0.2) is 0 Å². The zero-order chi connectivity index (χ0) is 45.1. The maximum absolute atomic E-state index is 12.8. The summed E-state index contributed by atoms with van der Waals surface area (Å²) in [6.45, 7) is 6.36. The Morgan fingerprint density at radius 2 is 0.710 bits per heavy atom. The first-order valence-electron chi connectivity index (χ1n) is 25.6. The number of esters is 3. The highest BCUT2D eigenvalue weighted by molar-refractivity contribution is 5.71.